The Labute approximate surface area is 166 Å². The van der Waals surface area contributed by atoms with Crippen LogP contribution in [-0.4, -0.2) is 39.3 Å². The van der Waals surface area contributed by atoms with E-state index < -0.39 is 11.6 Å². The minimum atomic E-state index is -0.862. The molecule has 4 saturated carbocycles. The zero-order valence-corrected chi connectivity index (χ0v) is 16.6. The van der Waals surface area contributed by atoms with Crippen LogP contribution in [0.3, 0.4) is 0 Å². The second-order valence-electron chi connectivity index (χ2n) is 10.5. The smallest absolute Gasteiger partial charge is 0.303 e. The summed E-state index contributed by atoms with van der Waals surface area (Å²) >= 11 is 0. The van der Waals surface area contributed by atoms with Gasteiger partial charge in [0.05, 0.1) is 5.60 Å². The lowest BCUT2D eigenvalue weighted by molar-refractivity contribution is -0.155. The molecular weight excluding hydrogens is 356 g/mol. The fourth-order valence-corrected chi connectivity index (χ4v) is 8.41. The van der Waals surface area contributed by atoms with Gasteiger partial charge in [0.2, 0.25) is 0 Å². The van der Waals surface area contributed by atoms with Gasteiger partial charge in [-0.05, 0) is 85.5 Å². The summed E-state index contributed by atoms with van der Waals surface area (Å²) in [5.74, 6) is 2.04. The van der Waals surface area contributed by atoms with E-state index in [-0.39, 0.29) is 36.1 Å². The number of carboxylic acid groups (broad SMARTS) is 1. The van der Waals surface area contributed by atoms with E-state index >= 15 is 0 Å². The Hall–Kier alpha value is -1.20. The fraction of sp³-hybridized carbons (Fsp3) is 0.826. The molecule has 0 aliphatic heterocycles. The van der Waals surface area contributed by atoms with Crippen LogP contribution in [0.25, 0.3) is 0 Å². The molecular formula is C23H32O5. The van der Waals surface area contributed by atoms with Crippen LogP contribution in [0.1, 0.15) is 58.3 Å². The van der Waals surface area contributed by atoms with Gasteiger partial charge >= 0.3 is 5.97 Å². The maximum Gasteiger partial charge on any atom is 0.303 e. The van der Waals surface area contributed by atoms with Crippen LogP contribution in [0, 0.1) is 46.8 Å². The molecule has 0 unspecified atom stereocenters. The zero-order valence-electron chi connectivity index (χ0n) is 16.6. The minimum absolute atomic E-state index is 0.0347. The minimum Gasteiger partial charge on any atom is -0.481 e. The molecule has 0 aromatic rings. The van der Waals surface area contributed by atoms with Crippen LogP contribution >= 0.6 is 0 Å². The van der Waals surface area contributed by atoms with Crippen molar-refractivity contribution in [2.24, 2.45) is 46.8 Å². The maximum atomic E-state index is 12.0. The number of aliphatic carboxylic acids is 1. The van der Waals surface area contributed by atoms with Crippen LogP contribution in [0.15, 0.2) is 11.6 Å². The Balaban J connectivity index is 1.48. The van der Waals surface area contributed by atoms with Gasteiger partial charge in [-0.2, -0.15) is 0 Å². The van der Waals surface area contributed by atoms with Crippen molar-refractivity contribution in [2.75, 3.05) is 6.61 Å². The van der Waals surface area contributed by atoms with Crippen molar-refractivity contribution in [1.82, 2.24) is 0 Å². The van der Waals surface area contributed by atoms with E-state index in [1.165, 1.54) is 5.57 Å². The predicted molar refractivity (Wildman–Crippen MR) is 102 cm³/mol. The van der Waals surface area contributed by atoms with Crippen LogP contribution in [0.5, 0.6) is 0 Å². The summed E-state index contributed by atoms with van der Waals surface area (Å²) < 4.78 is 0. The normalized spacial score (nSPS) is 51.5. The van der Waals surface area contributed by atoms with Gasteiger partial charge in [-0.1, -0.05) is 12.5 Å². The molecule has 0 bridgehead atoms. The largest absolute Gasteiger partial charge is 0.481 e. The summed E-state index contributed by atoms with van der Waals surface area (Å²) in [5, 5.41) is 31.0. The molecule has 0 saturated heterocycles. The Morgan fingerprint density at radius 1 is 1.21 bits per heavy atom. The molecule has 5 aliphatic carbocycles. The number of carbonyl (C=O) groups is 2. The standard InChI is InChI=1S/C23H32O5/c1-22-6-4-15-14-3-2-13(25)9-16(14)12(11-24)8-17(15)21(22)18-10-19(18)23(22,28)7-5-20(26)27/h9,12,14-15,17-19,21,24,28H,2-8,10-11H2,1H3,(H,26,27)/t12-,14+,15+,17+,18-,19+,21+,22-,23-/m0/s1. The number of carbonyl (C=O) groups excluding carboxylic acids is 1. The summed E-state index contributed by atoms with van der Waals surface area (Å²) in [6.07, 6.45) is 7.67. The quantitative estimate of drug-likeness (QED) is 0.688. The average Bonchev–Trinajstić information content (AvgIpc) is 3.42. The second kappa shape index (κ2) is 6.15. The van der Waals surface area contributed by atoms with E-state index in [1.54, 1.807) is 0 Å². The topological polar surface area (TPSA) is 94.8 Å². The number of aliphatic hydroxyl groups is 2. The summed E-state index contributed by atoms with van der Waals surface area (Å²) in [4.78, 5) is 23.2. The lowest BCUT2D eigenvalue weighted by Crippen LogP contribution is -2.56. The van der Waals surface area contributed by atoms with Crippen molar-refractivity contribution in [3.8, 4) is 0 Å². The molecule has 5 heteroatoms. The van der Waals surface area contributed by atoms with Gasteiger partial charge in [-0.15, -0.1) is 0 Å². The van der Waals surface area contributed by atoms with Gasteiger partial charge in [-0.3, -0.25) is 9.59 Å². The first-order valence-corrected chi connectivity index (χ1v) is 11.1. The van der Waals surface area contributed by atoms with Crippen molar-refractivity contribution in [3.05, 3.63) is 11.6 Å². The number of carboxylic acids is 1. The molecule has 0 aromatic carbocycles. The van der Waals surface area contributed by atoms with Crippen molar-refractivity contribution < 1.29 is 24.9 Å². The van der Waals surface area contributed by atoms with Crippen molar-refractivity contribution >= 4 is 11.8 Å². The van der Waals surface area contributed by atoms with E-state index in [0.29, 0.717) is 42.4 Å². The van der Waals surface area contributed by atoms with Crippen molar-refractivity contribution in [2.45, 2.75) is 63.9 Å². The van der Waals surface area contributed by atoms with E-state index in [9.17, 15) is 24.9 Å². The first-order valence-electron chi connectivity index (χ1n) is 11.1. The summed E-state index contributed by atoms with van der Waals surface area (Å²) in [5.41, 5.74) is 0.109. The van der Waals surface area contributed by atoms with Crippen LogP contribution in [0.4, 0.5) is 0 Å². The third-order valence-corrected chi connectivity index (χ3v) is 9.59. The predicted octanol–water partition coefficient (Wildman–Crippen LogP) is 2.80. The highest BCUT2D eigenvalue weighted by Crippen LogP contribution is 2.76. The number of hydrogen-bond donors (Lipinski definition) is 3. The summed E-state index contributed by atoms with van der Waals surface area (Å²) in [6, 6.07) is 0. The number of rotatable bonds is 4. The van der Waals surface area contributed by atoms with E-state index in [1.807, 2.05) is 6.08 Å². The molecule has 9 atom stereocenters. The maximum absolute atomic E-state index is 12.0. The van der Waals surface area contributed by atoms with Gasteiger partial charge in [0.25, 0.3) is 0 Å². The Morgan fingerprint density at radius 3 is 2.71 bits per heavy atom. The van der Waals surface area contributed by atoms with E-state index in [2.05, 4.69) is 6.92 Å². The molecule has 28 heavy (non-hydrogen) atoms. The van der Waals surface area contributed by atoms with Crippen molar-refractivity contribution in [3.63, 3.8) is 0 Å². The highest BCUT2D eigenvalue weighted by molar-refractivity contribution is 5.91. The Morgan fingerprint density at radius 2 is 2.00 bits per heavy atom. The monoisotopic (exact) mass is 388 g/mol. The first kappa shape index (κ1) is 18.8. The lowest BCUT2D eigenvalue weighted by atomic mass is 9.47. The zero-order chi connectivity index (χ0) is 19.8. The molecule has 5 nitrogen and oxygen atoms in total. The SMILES string of the molecule is C[C@]12CC[C@H]3[C@@H](C[C@@H](CO)C4=CC(=O)CC[C@@H]43)[C@@H]1[C@H]1C[C@H]1[C@@]2(O)CCC(=O)O. The summed E-state index contributed by atoms with van der Waals surface area (Å²) in [6.45, 7) is 2.31. The molecule has 0 amide bonds. The molecule has 0 heterocycles. The van der Waals surface area contributed by atoms with Crippen LogP contribution in [0.2, 0.25) is 0 Å². The number of aliphatic hydroxyl groups excluding tert-OH is 1. The molecule has 154 valence electrons. The number of fused-ring (bicyclic) bond motifs is 7. The third-order valence-electron chi connectivity index (χ3n) is 9.59. The number of hydrogen-bond acceptors (Lipinski definition) is 4. The second-order valence-corrected chi connectivity index (χ2v) is 10.5. The van der Waals surface area contributed by atoms with Crippen molar-refractivity contribution in [1.29, 1.82) is 0 Å². The van der Waals surface area contributed by atoms with Gasteiger partial charge in [-0.25, -0.2) is 0 Å². The molecule has 5 rings (SSSR count). The fourth-order valence-electron chi connectivity index (χ4n) is 8.41. The van der Waals surface area contributed by atoms with Crippen LogP contribution in [-0.2, 0) is 9.59 Å². The molecule has 0 radical (unpaired) electrons. The Bertz CT molecular complexity index is 743. The van der Waals surface area contributed by atoms with Gasteiger partial charge < -0.3 is 15.3 Å². The molecule has 4 fully saturated rings. The highest BCUT2D eigenvalue weighted by Gasteiger charge is 2.75. The van der Waals surface area contributed by atoms with Gasteiger partial charge in [0, 0.05) is 25.4 Å². The van der Waals surface area contributed by atoms with Gasteiger partial charge in [0.15, 0.2) is 5.78 Å². The van der Waals surface area contributed by atoms with E-state index in [4.69, 9.17) is 0 Å². The van der Waals surface area contributed by atoms with Gasteiger partial charge in [0.1, 0.15) is 0 Å². The third kappa shape index (κ3) is 2.38. The lowest BCUT2D eigenvalue weighted by Gasteiger charge is -2.58. The van der Waals surface area contributed by atoms with Crippen LogP contribution < -0.4 is 0 Å². The molecule has 0 spiro atoms. The summed E-state index contributed by atoms with van der Waals surface area (Å²) in [7, 11) is 0. The highest BCUT2D eigenvalue weighted by atomic mass is 16.4. The Kier molecular flexibility index (Phi) is 4.13. The average molecular weight is 389 g/mol. The van der Waals surface area contributed by atoms with E-state index in [0.717, 1.165) is 32.1 Å². The first-order chi connectivity index (χ1) is 13.3. The molecule has 5 aliphatic rings. The molecule has 0 aromatic heterocycles. The number of ketones is 1. The molecule has 3 N–H and O–H groups in total.